The molecule has 1 saturated heterocycles. The van der Waals surface area contributed by atoms with Crippen LogP contribution in [0.2, 0.25) is 0 Å². The van der Waals surface area contributed by atoms with Gasteiger partial charge in [-0.3, -0.25) is 14.5 Å². The predicted molar refractivity (Wildman–Crippen MR) is 117 cm³/mol. The summed E-state index contributed by atoms with van der Waals surface area (Å²) in [6, 6.07) is 2.98. The molecule has 1 aliphatic heterocycles. The number of rotatable bonds is 7. The molecule has 32 heavy (non-hydrogen) atoms. The number of hydrogen-bond donors (Lipinski definition) is 4. The smallest absolute Gasteiger partial charge is 0.408 e. The number of nitrogens with one attached hydrogen (secondary N) is 3. The third-order valence-electron chi connectivity index (χ3n) is 5.93. The van der Waals surface area contributed by atoms with Crippen LogP contribution in [-0.2, 0) is 14.3 Å². The summed E-state index contributed by atoms with van der Waals surface area (Å²) in [5, 5.41) is 17.7. The monoisotopic (exact) mass is 511 g/mol. The van der Waals surface area contributed by atoms with E-state index in [0.29, 0.717) is 16.8 Å². The van der Waals surface area contributed by atoms with Gasteiger partial charge in [0.05, 0.1) is 7.11 Å². The second-order valence-corrected chi connectivity index (χ2v) is 9.21. The van der Waals surface area contributed by atoms with Crippen LogP contribution in [0.5, 0.6) is 0 Å². The molecule has 2 fully saturated rings. The summed E-state index contributed by atoms with van der Waals surface area (Å²) in [5.41, 5.74) is -0.520. The van der Waals surface area contributed by atoms with Crippen molar-refractivity contribution in [2.45, 2.75) is 44.8 Å². The number of methoxy groups -OCH3 is 1. The number of aromatic nitrogens is 1. The van der Waals surface area contributed by atoms with Crippen LogP contribution in [-0.4, -0.2) is 70.8 Å². The van der Waals surface area contributed by atoms with Gasteiger partial charge in [0.25, 0.3) is 0 Å². The van der Waals surface area contributed by atoms with Gasteiger partial charge in [0.1, 0.15) is 22.5 Å². The van der Waals surface area contributed by atoms with Crippen molar-refractivity contribution < 1.29 is 29.0 Å². The average Bonchev–Trinajstić information content (AvgIpc) is 3.32. The highest BCUT2D eigenvalue weighted by molar-refractivity contribution is 9.10. The zero-order chi connectivity index (χ0) is 23.6. The van der Waals surface area contributed by atoms with E-state index >= 15 is 0 Å². The van der Waals surface area contributed by atoms with Crippen LogP contribution in [0.25, 0.3) is 0 Å². The van der Waals surface area contributed by atoms with E-state index in [0.717, 1.165) is 4.90 Å². The van der Waals surface area contributed by atoms with E-state index in [1.54, 1.807) is 32.0 Å². The number of fused-ring (bicyclic) bond motifs is 1. The molecule has 11 nitrogen and oxygen atoms in total. The van der Waals surface area contributed by atoms with E-state index in [4.69, 9.17) is 0 Å². The number of nitrogens with zero attached hydrogens (tertiary/aromatic N) is 2. The van der Waals surface area contributed by atoms with Crippen LogP contribution < -0.4 is 16.0 Å². The molecule has 4 N–H and O–H groups in total. The fourth-order valence-electron chi connectivity index (χ4n) is 4.17. The fourth-order valence-corrected chi connectivity index (χ4v) is 4.51. The van der Waals surface area contributed by atoms with Gasteiger partial charge < -0.3 is 25.8 Å². The van der Waals surface area contributed by atoms with E-state index in [9.17, 15) is 24.3 Å². The molecule has 4 amide bonds. The molecular formula is C20H26BrN5O6. The lowest BCUT2D eigenvalue weighted by atomic mass is 9.98. The maximum atomic E-state index is 12.8. The normalized spacial score (nSPS) is 24.3. The number of carboxylic acid groups (broad SMARTS) is 1. The molecule has 174 valence electrons. The van der Waals surface area contributed by atoms with Crippen molar-refractivity contribution in [2.75, 3.05) is 19.0 Å². The number of carbonyl (C=O) groups excluding carboxylic acids is 3. The maximum absolute atomic E-state index is 12.8. The molecule has 0 spiro atoms. The van der Waals surface area contributed by atoms with Crippen molar-refractivity contribution in [3.63, 3.8) is 0 Å². The van der Waals surface area contributed by atoms with Crippen molar-refractivity contribution in [1.29, 1.82) is 0 Å². The Labute approximate surface area is 193 Å². The van der Waals surface area contributed by atoms with E-state index in [1.165, 1.54) is 7.11 Å². The molecule has 1 aromatic heterocycles. The molecule has 1 aromatic rings. The minimum atomic E-state index is -1.18. The Bertz CT molecular complexity index is 927. The second kappa shape index (κ2) is 9.31. The molecule has 0 radical (unpaired) electrons. The molecule has 2 aliphatic rings. The summed E-state index contributed by atoms with van der Waals surface area (Å²) in [6.45, 7) is 3.78. The topological polar surface area (TPSA) is 150 Å². The maximum Gasteiger partial charge on any atom is 0.408 e. The highest BCUT2D eigenvalue weighted by atomic mass is 79.9. The number of piperidine rings is 1. The van der Waals surface area contributed by atoms with Gasteiger partial charge in [0.2, 0.25) is 11.8 Å². The number of pyridine rings is 1. The number of ether oxygens (including phenoxy) is 1. The van der Waals surface area contributed by atoms with Gasteiger partial charge in [-0.25, -0.2) is 14.6 Å². The number of carbonyl (C=O) groups is 4. The lowest BCUT2D eigenvalue weighted by Gasteiger charge is -2.24. The summed E-state index contributed by atoms with van der Waals surface area (Å²) in [5.74, 6) is -0.731. The quantitative estimate of drug-likeness (QED) is 0.407. The standard InChI is InChI=1S/C20H26BrN5O6/c1-10(2)15(25-18(29)32-3)17(28)22-9-20-7-11(26(19(30)31)12(20)8-20)16(27)24-14-6-4-5-13(21)23-14/h4-6,10-12,15H,7-9H2,1-3H3,(H,22,28)(H,25,29)(H,30,31)(H,23,24,27)/t11?,12?,15-,20?/m0/s1. The Morgan fingerprint density at radius 1 is 1.31 bits per heavy atom. The van der Waals surface area contributed by atoms with Gasteiger partial charge in [-0.2, -0.15) is 0 Å². The van der Waals surface area contributed by atoms with Crippen molar-refractivity contribution in [3.8, 4) is 0 Å². The van der Waals surface area contributed by atoms with E-state index in [2.05, 4.69) is 41.6 Å². The highest BCUT2D eigenvalue weighted by Gasteiger charge is 2.67. The number of alkyl carbamates (subject to hydrolysis) is 1. The van der Waals surface area contributed by atoms with Crippen molar-refractivity contribution in [1.82, 2.24) is 20.5 Å². The lowest BCUT2D eigenvalue weighted by Crippen LogP contribution is -2.50. The summed E-state index contributed by atoms with van der Waals surface area (Å²) in [6.07, 6.45) is -1.07. The van der Waals surface area contributed by atoms with Crippen molar-refractivity contribution in [2.24, 2.45) is 11.3 Å². The Hall–Kier alpha value is -2.89. The second-order valence-electron chi connectivity index (χ2n) is 8.40. The first-order valence-electron chi connectivity index (χ1n) is 10.1. The molecule has 2 heterocycles. The minimum absolute atomic E-state index is 0.183. The van der Waals surface area contributed by atoms with Crippen molar-refractivity contribution in [3.05, 3.63) is 22.8 Å². The molecule has 1 saturated carbocycles. The average molecular weight is 512 g/mol. The van der Waals surface area contributed by atoms with Crippen LogP contribution in [0, 0.1) is 11.3 Å². The van der Waals surface area contributed by atoms with Gasteiger partial charge in [0, 0.05) is 18.0 Å². The predicted octanol–water partition coefficient (Wildman–Crippen LogP) is 1.79. The summed E-state index contributed by atoms with van der Waals surface area (Å²) < 4.78 is 5.11. The molecule has 3 rings (SSSR count). The number of anilines is 1. The Balaban J connectivity index is 1.66. The van der Waals surface area contributed by atoms with E-state index in [-0.39, 0.29) is 24.9 Å². The summed E-state index contributed by atoms with van der Waals surface area (Å²) in [7, 11) is 1.21. The van der Waals surface area contributed by atoms with Crippen LogP contribution in [0.1, 0.15) is 26.7 Å². The molecule has 1 aliphatic carbocycles. The number of halogens is 1. The van der Waals surface area contributed by atoms with Crippen LogP contribution in [0.4, 0.5) is 15.4 Å². The molecule has 12 heteroatoms. The molecule has 0 aromatic carbocycles. The molecule has 0 bridgehead atoms. The fraction of sp³-hybridized carbons (Fsp3) is 0.550. The number of hydrogen-bond acceptors (Lipinski definition) is 6. The third kappa shape index (κ3) is 4.95. The van der Waals surface area contributed by atoms with Crippen molar-refractivity contribution >= 4 is 45.7 Å². The van der Waals surface area contributed by atoms with E-state index in [1.807, 2.05) is 0 Å². The van der Waals surface area contributed by atoms with Gasteiger partial charge in [-0.1, -0.05) is 19.9 Å². The Kier molecular flexibility index (Phi) is 6.91. The van der Waals surface area contributed by atoms with Crippen LogP contribution in [0.3, 0.4) is 0 Å². The first kappa shape index (κ1) is 23.8. The highest BCUT2D eigenvalue weighted by Crippen LogP contribution is 2.59. The molecule has 3 unspecified atom stereocenters. The number of likely N-dealkylation sites (tertiary alicyclic amines) is 1. The van der Waals surface area contributed by atoms with Crippen LogP contribution >= 0.6 is 15.9 Å². The van der Waals surface area contributed by atoms with E-state index < -0.39 is 41.5 Å². The Morgan fingerprint density at radius 2 is 2.03 bits per heavy atom. The molecular weight excluding hydrogens is 486 g/mol. The van der Waals surface area contributed by atoms with Gasteiger partial charge in [-0.15, -0.1) is 0 Å². The Morgan fingerprint density at radius 3 is 2.62 bits per heavy atom. The summed E-state index contributed by atoms with van der Waals surface area (Å²) >= 11 is 3.23. The first-order chi connectivity index (χ1) is 15.1. The van der Waals surface area contributed by atoms with Gasteiger partial charge in [0.15, 0.2) is 0 Å². The summed E-state index contributed by atoms with van der Waals surface area (Å²) in [4.78, 5) is 54.2. The third-order valence-corrected chi connectivity index (χ3v) is 6.37. The number of amides is 4. The zero-order valence-electron chi connectivity index (χ0n) is 17.9. The molecule has 4 atom stereocenters. The van der Waals surface area contributed by atoms with Gasteiger partial charge >= 0.3 is 12.2 Å². The van der Waals surface area contributed by atoms with Gasteiger partial charge in [-0.05, 0) is 46.8 Å². The lowest BCUT2D eigenvalue weighted by molar-refractivity contribution is -0.124. The van der Waals surface area contributed by atoms with Crippen LogP contribution in [0.15, 0.2) is 22.8 Å². The largest absolute Gasteiger partial charge is 0.465 e. The SMILES string of the molecule is COC(=O)N[C@H](C(=O)NCC12CC(C(=O)Nc3cccc(Br)n3)N(C(=O)O)C1C2)C(C)C. The zero-order valence-corrected chi connectivity index (χ0v) is 19.5. The first-order valence-corrected chi connectivity index (χ1v) is 10.9. The minimum Gasteiger partial charge on any atom is -0.465 e.